The predicted molar refractivity (Wildman–Crippen MR) is 98.1 cm³/mol. The smallest absolute Gasteiger partial charge is 0.127 e. The predicted octanol–water partition coefficient (Wildman–Crippen LogP) is 5.48. The van der Waals surface area contributed by atoms with E-state index in [-0.39, 0.29) is 0 Å². The number of ether oxygens (including phenoxy) is 1. The number of hydrogen-bond acceptors (Lipinski definition) is 1. The van der Waals surface area contributed by atoms with Crippen LogP contribution in [-0.2, 0) is 0 Å². The van der Waals surface area contributed by atoms with Crippen LogP contribution in [-0.4, -0.2) is 0 Å². The van der Waals surface area contributed by atoms with Crippen LogP contribution in [0.3, 0.4) is 0 Å². The fraction of sp³-hybridized carbons (Fsp3) is 0. The summed E-state index contributed by atoms with van der Waals surface area (Å²) < 4.78 is 6.93. The van der Waals surface area contributed by atoms with Gasteiger partial charge >= 0.3 is 0 Å². The van der Waals surface area contributed by atoms with Crippen molar-refractivity contribution >= 4 is 22.6 Å². The zero-order chi connectivity index (χ0) is 15.2. The lowest BCUT2D eigenvalue weighted by atomic mass is 10.2. The highest BCUT2D eigenvalue weighted by Crippen LogP contribution is 2.21. The normalized spacial score (nSPS) is 9.68. The minimum Gasteiger partial charge on any atom is -0.457 e. The first-order valence-corrected chi connectivity index (χ1v) is 7.99. The molecule has 22 heavy (non-hydrogen) atoms. The second-order valence-corrected chi connectivity index (χ2v) is 5.83. The van der Waals surface area contributed by atoms with Gasteiger partial charge in [0.1, 0.15) is 11.5 Å². The Morgan fingerprint density at radius 2 is 1.27 bits per heavy atom. The van der Waals surface area contributed by atoms with Crippen LogP contribution in [0.1, 0.15) is 11.1 Å². The lowest BCUT2D eigenvalue weighted by Crippen LogP contribution is -1.84. The first-order valence-electron chi connectivity index (χ1n) is 6.91. The molecule has 0 N–H and O–H groups in total. The third-order valence-corrected chi connectivity index (χ3v) is 3.99. The lowest BCUT2D eigenvalue weighted by Gasteiger charge is -2.04. The molecule has 3 aromatic carbocycles. The van der Waals surface area contributed by atoms with E-state index < -0.39 is 0 Å². The molecular formula is C20H13IO. The van der Waals surface area contributed by atoms with Crippen LogP contribution in [0, 0.1) is 15.4 Å². The highest BCUT2D eigenvalue weighted by molar-refractivity contribution is 14.1. The van der Waals surface area contributed by atoms with Gasteiger partial charge in [0, 0.05) is 14.7 Å². The third-order valence-electron chi connectivity index (χ3n) is 3.05. The molecule has 0 spiro atoms. The van der Waals surface area contributed by atoms with E-state index in [2.05, 4.69) is 40.5 Å². The van der Waals surface area contributed by atoms with Crippen LogP contribution in [0.15, 0.2) is 78.9 Å². The Kier molecular flexibility index (Phi) is 4.77. The molecule has 0 aliphatic rings. The molecule has 0 aromatic heterocycles. The van der Waals surface area contributed by atoms with Gasteiger partial charge in [-0.15, -0.1) is 0 Å². The first kappa shape index (κ1) is 14.7. The Balaban J connectivity index is 1.74. The van der Waals surface area contributed by atoms with Crippen LogP contribution in [0.5, 0.6) is 11.5 Å². The van der Waals surface area contributed by atoms with Gasteiger partial charge in [0.15, 0.2) is 0 Å². The number of hydrogen-bond donors (Lipinski definition) is 0. The van der Waals surface area contributed by atoms with E-state index in [0.29, 0.717) is 0 Å². The van der Waals surface area contributed by atoms with E-state index in [1.54, 1.807) is 0 Å². The summed E-state index contributed by atoms with van der Waals surface area (Å²) in [7, 11) is 0. The van der Waals surface area contributed by atoms with Gasteiger partial charge in [-0.1, -0.05) is 42.2 Å². The molecule has 3 aromatic rings. The van der Waals surface area contributed by atoms with Gasteiger partial charge < -0.3 is 4.74 Å². The van der Waals surface area contributed by atoms with Gasteiger partial charge in [0.2, 0.25) is 0 Å². The molecular weight excluding hydrogens is 383 g/mol. The highest BCUT2D eigenvalue weighted by atomic mass is 127. The van der Waals surface area contributed by atoms with Crippen molar-refractivity contribution in [3.63, 3.8) is 0 Å². The Bertz CT molecular complexity index is 812. The molecule has 0 aliphatic heterocycles. The van der Waals surface area contributed by atoms with Crippen molar-refractivity contribution in [2.75, 3.05) is 0 Å². The van der Waals surface area contributed by atoms with Crippen LogP contribution in [0.2, 0.25) is 0 Å². The van der Waals surface area contributed by atoms with E-state index in [4.69, 9.17) is 4.74 Å². The van der Waals surface area contributed by atoms with Crippen molar-refractivity contribution in [3.8, 4) is 23.3 Å². The molecule has 0 atom stereocenters. The van der Waals surface area contributed by atoms with Gasteiger partial charge in [0.05, 0.1) is 0 Å². The van der Waals surface area contributed by atoms with Crippen molar-refractivity contribution in [1.29, 1.82) is 0 Å². The van der Waals surface area contributed by atoms with Crippen LogP contribution >= 0.6 is 22.6 Å². The maximum Gasteiger partial charge on any atom is 0.127 e. The molecule has 2 heteroatoms. The molecule has 0 unspecified atom stereocenters. The van der Waals surface area contributed by atoms with Crippen molar-refractivity contribution in [3.05, 3.63) is 93.6 Å². The molecule has 0 bridgehead atoms. The van der Waals surface area contributed by atoms with E-state index in [0.717, 1.165) is 26.2 Å². The Hall–Kier alpha value is -2.25. The molecule has 0 radical (unpaired) electrons. The van der Waals surface area contributed by atoms with Crippen LogP contribution < -0.4 is 4.74 Å². The number of benzene rings is 3. The summed E-state index contributed by atoms with van der Waals surface area (Å²) in [5.74, 6) is 8.03. The largest absolute Gasteiger partial charge is 0.457 e. The summed E-state index contributed by atoms with van der Waals surface area (Å²) in [6, 6.07) is 25.7. The van der Waals surface area contributed by atoms with Gasteiger partial charge in [-0.2, -0.15) is 0 Å². The summed E-state index contributed by atoms with van der Waals surface area (Å²) in [4.78, 5) is 0. The fourth-order valence-electron chi connectivity index (χ4n) is 1.93. The molecule has 0 saturated carbocycles. The van der Waals surface area contributed by atoms with E-state index in [1.165, 1.54) is 0 Å². The maximum absolute atomic E-state index is 5.77. The van der Waals surface area contributed by atoms with Crippen LogP contribution in [0.4, 0.5) is 0 Å². The number of rotatable bonds is 2. The number of halogens is 1. The quantitative estimate of drug-likeness (QED) is 0.412. The van der Waals surface area contributed by atoms with Crippen molar-refractivity contribution in [1.82, 2.24) is 0 Å². The monoisotopic (exact) mass is 396 g/mol. The molecule has 0 heterocycles. The summed E-state index contributed by atoms with van der Waals surface area (Å²) in [6.45, 7) is 0. The van der Waals surface area contributed by atoms with Gasteiger partial charge in [-0.3, -0.25) is 0 Å². The topological polar surface area (TPSA) is 9.23 Å². The zero-order valence-corrected chi connectivity index (χ0v) is 13.9. The van der Waals surface area contributed by atoms with Crippen molar-refractivity contribution in [2.24, 2.45) is 0 Å². The Morgan fingerprint density at radius 3 is 2.00 bits per heavy atom. The molecule has 1 nitrogen and oxygen atoms in total. The standard InChI is InChI=1S/C20H13IO/c21-20-9-5-4-6-17(20)13-10-16-11-14-19(15-12-16)22-18-7-2-1-3-8-18/h1-9,11-12,14-15H. The summed E-state index contributed by atoms with van der Waals surface area (Å²) in [5.41, 5.74) is 2.02. The van der Waals surface area contributed by atoms with E-state index >= 15 is 0 Å². The Morgan fingerprint density at radius 1 is 0.636 bits per heavy atom. The molecule has 3 rings (SSSR count). The molecule has 0 amide bonds. The van der Waals surface area contributed by atoms with Gasteiger partial charge in [0.25, 0.3) is 0 Å². The highest BCUT2D eigenvalue weighted by Gasteiger charge is 1.96. The summed E-state index contributed by atoms with van der Waals surface area (Å²) >= 11 is 2.30. The molecule has 0 saturated heterocycles. The molecule has 106 valence electrons. The van der Waals surface area contributed by atoms with E-state index in [1.807, 2.05) is 72.8 Å². The minimum atomic E-state index is 0.811. The second kappa shape index (κ2) is 7.15. The van der Waals surface area contributed by atoms with Crippen LogP contribution in [0.25, 0.3) is 0 Å². The maximum atomic E-state index is 5.77. The van der Waals surface area contributed by atoms with Crippen molar-refractivity contribution in [2.45, 2.75) is 0 Å². The average molecular weight is 396 g/mol. The Labute approximate surface area is 144 Å². The van der Waals surface area contributed by atoms with Crippen molar-refractivity contribution < 1.29 is 4.74 Å². The fourth-order valence-corrected chi connectivity index (χ4v) is 2.46. The lowest BCUT2D eigenvalue weighted by molar-refractivity contribution is 0.482. The second-order valence-electron chi connectivity index (χ2n) is 4.67. The number of para-hydroxylation sites is 1. The van der Waals surface area contributed by atoms with E-state index in [9.17, 15) is 0 Å². The first-order chi connectivity index (χ1) is 10.8. The molecule has 0 fully saturated rings. The third kappa shape index (κ3) is 3.90. The van der Waals surface area contributed by atoms with Gasteiger partial charge in [-0.25, -0.2) is 0 Å². The van der Waals surface area contributed by atoms with Gasteiger partial charge in [-0.05, 0) is 71.1 Å². The average Bonchev–Trinajstić information content (AvgIpc) is 2.56. The summed E-state index contributed by atoms with van der Waals surface area (Å²) in [5, 5.41) is 0. The SMILES string of the molecule is Ic1ccccc1C#Cc1ccc(Oc2ccccc2)cc1. The summed E-state index contributed by atoms with van der Waals surface area (Å²) in [6.07, 6.45) is 0. The zero-order valence-electron chi connectivity index (χ0n) is 11.8. The molecule has 0 aliphatic carbocycles. The minimum absolute atomic E-state index is 0.811.